The Balaban J connectivity index is 2.14. The lowest BCUT2D eigenvalue weighted by atomic mass is 10.2. The molecule has 6 heteroatoms. The summed E-state index contributed by atoms with van der Waals surface area (Å²) in [5.74, 6) is 0.520. The molecule has 0 saturated heterocycles. The molecule has 1 atom stereocenters. The van der Waals surface area contributed by atoms with E-state index < -0.39 is 19.1 Å². The van der Waals surface area contributed by atoms with Crippen LogP contribution in [0.25, 0.3) is 0 Å². The van der Waals surface area contributed by atoms with Crippen molar-refractivity contribution in [3.05, 3.63) is 35.9 Å². The number of benzene rings is 1. The lowest BCUT2D eigenvalue weighted by molar-refractivity contribution is -0.119. The van der Waals surface area contributed by atoms with E-state index in [0.717, 1.165) is 5.56 Å². The van der Waals surface area contributed by atoms with Gasteiger partial charge in [-0.1, -0.05) is 30.3 Å². The Kier molecular flexibility index (Phi) is 6.67. The number of hydrogen-bond donors (Lipinski definition) is 2. The summed E-state index contributed by atoms with van der Waals surface area (Å²) in [7, 11) is 0. The van der Waals surface area contributed by atoms with Crippen molar-refractivity contribution in [3.8, 4) is 0 Å². The van der Waals surface area contributed by atoms with Gasteiger partial charge in [0.2, 0.25) is 5.91 Å². The van der Waals surface area contributed by atoms with Crippen LogP contribution >= 0.6 is 11.8 Å². The standard InChI is InChI=1S/C12H15F2NO2S/c13-12(14)10(16)6-15-11(17)8-18-7-9-4-2-1-3-5-9/h1-5,10,12,16H,6-8H2,(H,15,17). The van der Waals surface area contributed by atoms with Crippen molar-refractivity contribution in [3.63, 3.8) is 0 Å². The minimum Gasteiger partial charge on any atom is -0.385 e. The summed E-state index contributed by atoms with van der Waals surface area (Å²) in [4.78, 5) is 11.3. The van der Waals surface area contributed by atoms with Crippen LogP contribution in [0.5, 0.6) is 0 Å². The van der Waals surface area contributed by atoms with Crippen molar-refractivity contribution < 1.29 is 18.7 Å². The Bertz CT molecular complexity index is 362. The average molecular weight is 275 g/mol. The first-order valence-electron chi connectivity index (χ1n) is 5.44. The third-order valence-corrected chi connectivity index (χ3v) is 3.15. The van der Waals surface area contributed by atoms with Gasteiger partial charge in [-0.3, -0.25) is 4.79 Å². The number of amides is 1. The van der Waals surface area contributed by atoms with Gasteiger partial charge < -0.3 is 10.4 Å². The Hall–Kier alpha value is -1.14. The largest absolute Gasteiger partial charge is 0.385 e. The van der Waals surface area contributed by atoms with Crippen LogP contribution in [-0.2, 0) is 10.5 Å². The Morgan fingerprint density at radius 3 is 2.61 bits per heavy atom. The van der Waals surface area contributed by atoms with Gasteiger partial charge in [0.25, 0.3) is 6.43 Å². The van der Waals surface area contributed by atoms with Gasteiger partial charge in [0, 0.05) is 12.3 Å². The van der Waals surface area contributed by atoms with E-state index in [1.165, 1.54) is 11.8 Å². The molecule has 18 heavy (non-hydrogen) atoms. The normalized spacial score (nSPS) is 12.4. The zero-order valence-electron chi connectivity index (χ0n) is 9.68. The number of carbonyl (C=O) groups is 1. The summed E-state index contributed by atoms with van der Waals surface area (Å²) in [6.45, 7) is -0.414. The number of aliphatic hydroxyl groups is 1. The lowest BCUT2D eigenvalue weighted by Gasteiger charge is -2.10. The highest BCUT2D eigenvalue weighted by atomic mass is 32.2. The molecule has 1 unspecified atom stereocenters. The van der Waals surface area contributed by atoms with Gasteiger partial charge in [0.1, 0.15) is 6.10 Å². The van der Waals surface area contributed by atoms with E-state index in [9.17, 15) is 13.6 Å². The third-order valence-electron chi connectivity index (χ3n) is 2.14. The second kappa shape index (κ2) is 8.05. The molecule has 0 saturated carbocycles. The molecule has 100 valence electrons. The highest BCUT2D eigenvalue weighted by molar-refractivity contribution is 7.99. The van der Waals surface area contributed by atoms with Crippen molar-refractivity contribution in [1.29, 1.82) is 0 Å². The van der Waals surface area contributed by atoms with E-state index >= 15 is 0 Å². The maximum absolute atomic E-state index is 11.9. The zero-order valence-corrected chi connectivity index (χ0v) is 10.5. The maximum Gasteiger partial charge on any atom is 0.265 e. The van der Waals surface area contributed by atoms with Crippen LogP contribution in [0.4, 0.5) is 8.78 Å². The summed E-state index contributed by atoms with van der Waals surface area (Å²) in [5, 5.41) is 11.1. The number of thioether (sulfide) groups is 1. The minimum atomic E-state index is -2.83. The lowest BCUT2D eigenvalue weighted by Crippen LogP contribution is -2.36. The fourth-order valence-electron chi connectivity index (χ4n) is 1.19. The van der Waals surface area contributed by atoms with E-state index in [2.05, 4.69) is 5.32 Å². The molecule has 1 amide bonds. The number of carbonyl (C=O) groups excluding carboxylic acids is 1. The number of aliphatic hydroxyl groups excluding tert-OH is 1. The summed E-state index contributed by atoms with van der Waals surface area (Å²) in [5.41, 5.74) is 1.10. The molecule has 0 aliphatic rings. The molecule has 0 fully saturated rings. The summed E-state index contributed by atoms with van der Waals surface area (Å²) < 4.78 is 23.9. The smallest absolute Gasteiger partial charge is 0.265 e. The topological polar surface area (TPSA) is 49.3 Å². The number of hydrogen-bond acceptors (Lipinski definition) is 3. The van der Waals surface area contributed by atoms with Gasteiger partial charge in [-0.05, 0) is 5.56 Å². The molecular weight excluding hydrogens is 260 g/mol. The highest BCUT2D eigenvalue weighted by Crippen LogP contribution is 2.11. The van der Waals surface area contributed by atoms with Crippen molar-refractivity contribution in [2.45, 2.75) is 18.3 Å². The molecule has 0 heterocycles. The molecule has 0 aromatic heterocycles. The molecule has 0 radical (unpaired) electrons. The minimum absolute atomic E-state index is 0.185. The molecule has 0 spiro atoms. The van der Waals surface area contributed by atoms with Crippen LogP contribution in [-0.4, -0.2) is 35.8 Å². The molecule has 0 bridgehead atoms. The van der Waals surface area contributed by atoms with Gasteiger partial charge in [0.15, 0.2) is 0 Å². The van der Waals surface area contributed by atoms with E-state index in [1.54, 1.807) is 0 Å². The van der Waals surface area contributed by atoms with Crippen LogP contribution in [0.3, 0.4) is 0 Å². The van der Waals surface area contributed by atoms with Crippen molar-refractivity contribution in [2.75, 3.05) is 12.3 Å². The molecule has 2 N–H and O–H groups in total. The molecule has 1 aromatic rings. The van der Waals surface area contributed by atoms with Crippen LogP contribution in [0.15, 0.2) is 30.3 Å². The summed E-state index contributed by atoms with van der Waals surface area (Å²) >= 11 is 1.39. The van der Waals surface area contributed by atoms with Crippen LogP contribution in [0, 0.1) is 0 Å². The fourth-order valence-corrected chi connectivity index (χ4v) is 2.01. The first-order valence-corrected chi connectivity index (χ1v) is 6.59. The number of halogens is 2. The zero-order chi connectivity index (χ0) is 13.4. The molecule has 0 aliphatic heterocycles. The summed E-state index contributed by atoms with van der Waals surface area (Å²) in [6.07, 6.45) is -4.63. The van der Waals surface area contributed by atoms with Crippen LogP contribution < -0.4 is 5.32 Å². The first kappa shape index (κ1) is 14.9. The quantitative estimate of drug-likeness (QED) is 0.795. The van der Waals surface area contributed by atoms with E-state index in [-0.39, 0.29) is 11.7 Å². The average Bonchev–Trinajstić information content (AvgIpc) is 2.37. The van der Waals surface area contributed by atoms with E-state index in [4.69, 9.17) is 5.11 Å². The number of rotatable bonds is 7. The van der Waals surface area contributed by atoms with E-state index in [0.29, 0.717) is 5.75 Å². The molecule has 3 nitrogen and oxygen atoms in total. The third kappa shape index (κ3) is 5.97. The molecule has 1 rings (SSSR count). The van der Waals surface area contributed by atoms with Gasteiger partial charge in [-0.25, -0.2) is 8.78 Å². The molecular formula is C12H15F2NO2S. The summed E-state index contributed by atoms with van der Waals surface area (Å²) in [6, 6.07) is 9.63. The second-order valence-electron chi connectivity index (χ2n) is 3.68. The van der Waals surface area contributed by atoms with Crippen LogP contribution in [0.2, 0.25) is 0 Å². The van der Waals surface area contributed by atoms with Crippen molar-refractivity contribution >= 4 is 17.7 Å². The van der Waals surface area contributed by atoms with Crippen molar-refractivity contribution in [1.82, 2.24) is 5.32 Å². The second-order valence-corrected chi connectivity index (χ2v) is 4.67. The molecule has 1 aromatic carbocycles. The van der Waals surface area contributed by atoms with E-state index in [1.807, 2.05) is 30.3 Å². The molecule has 0 aliphatic carbocycles. The van der Waals surface area contributed by atoms with Crippen LogP contribution in [0.1, 0.15) is 5.56 Å². The Morgan fingerprint density at radius 2 is 2.00 bits per heavy atom. The van der Waals surface area contributed by atoms with Gasteiger partial charge in [0.05, 0.1) is 5.75 Å². The Labute approximate surface area is 109 Å². The number of nitrogens with one attached hydrogen (secondary N) is 1. The predicted molar refractivity (Wildman–Crippen MR) is 67.6 cm³/mol. The monoisotopic (exact) mass is 275 g/mol. The van der Waals surface area contributed by atoms with Gasteiger partial charge in [-0.15, -0.1) is 11.8 Å². The van der Waals surface area contributed by atoms with Crippen molar-refractivity contribution in [2.24, 2.45) is 0 Å². The number of alkyl halides is 2. The van der Waals surface area contributed by atoms with Gasteiger partial charge in [-0.2, -0.15) is 0 Å². The van der Waals surface area contributed by atoms with Gasteiger partial charge >= 0.3 is 0 Å². The first-order chi connectivity index (χ1) is 8.59. The highest BCUT2D eigenvalue weighted by Gasteiger charge is 2.17. The fraction of sp³-hybridized carbons (Fsp3) is 0.417. The Morgan fingerprint density at radius 1 is 1.33 bits per heavy atom. The SMILES string of the molecule is O=C(CSCc1ccccc1)NCC(O)C(F)F. The predicted octanol–water partition coefficient (Wildman–Crippen LogP) is 1.66. The maximum atomic E-state index is 11.9.